The number of aromatic amines is 1. The molecule has 25 heavy (non-hydrogen) atoms. The van der Waals surface area contributed by atoms with E-state index in [4.69, 9.17) is 0 Å². The van der Waals surface area contributed by atoms with Crippen LogP contribution in [0.5, 0.6) is 0 Å². The zero-order valence-electron chi connectivity index (χ0n) is 14.3. The Morgan fingerprint density at radius 3 is 2.68 bits per heavy atom. The van der Waals surface area contributed by atoms with Gasteiger partial charge in [-0.05, 0) is 44.0 Å². The van der Waals surface area contributed by atoms with Crippen molar-refractivity contribution in [2.75, 3.05) is 5.32 Å². The van der Waals surface area contributed by atoms with Crippen LogP contribution in [0.25, 0.3) is 11.4 Å². The van der Waals surface area contributed by atoms with E-state index in [1.807, 2.05) is 38.1 Å². The van der Waals surface area contributed by atoms with E-state index in [-0.39, 0.29) is 18.1 Å². The summed E-state index contributed by atoms with van der Waals surface area (Å²) in [6, 6.07) is 14.0. The maximum absolute atomic E-state index is 13.6. The summed E-state index contributed by atoms with van der Waals surface area (Å²) >= 11 is 0. The molecule has 1 amide bonds. The van der Waals surface area contributed by atoms with Crippen LogP contribution in [0.15, 0.2) is 48.5 Å². The molecule has 0 radical (unpaired) electrons. The van der Waals surface area contributed by atoms with E-state index >= 15 is 0 Å². The first-order chi connectivity index (χ1) is 12.0. The van der Waals surface area contributed by atoms with Crippen molar-refractivity contribution in [3.05, 3.63) is 71.3 Å². The van der Waals surface area contributed by atoms with Crippen molar-refractivity contribution in [3.63, 3.8) is 0 Å². The van der Waals surface area contributed by atoms with E-state index in [9.17, 15) is 9.18 Å². The maximum atomic E-state index is 13.6. The highest BCUT2D eigenvalue weighted by Crippen LogP contribution is 2.21. The summed E-state index contributed by atoms with van der Waals surface area (Å²) in [5.74, 6) is 0.352. The molecule has 0 aliphatic carbocycles. The summed E-state index contributed by atoms with van der Waals surface area (Å²) in [7, 11) is 0. The summed E-state index contributed by atoms with van der Waals surface area (Å²) in [5.41, 5.74) is 4.13. The van der Waals surface area contributed by atoms with Gasteiger partial charge in [0.2, 0.25) is 5.91 Å². The van der Waals surface area contributed by atoms with Crippen LogP contribution in [0.2, 0.25) is 0 Å². The number of carbonyl (C=O) groups is 1. The molecular formula is C20H20FN3O. The highest BCUT2D eigenvalue weighted by molar-refractivity contribution is 5.91. The lowest BCUT2D eigenvalue weighted by Gasteiger charge is -2.07. The Balaban J connectivity index is 1.65. The number of hydrogen-bond acceptors (Lipinski definition) is 2. The third kappa shape index (κ3) is 4.12. The Bertz CT molecular complexity index is 882. The van der Waals surface area contributed by atoms with Crippen molar-refractivity contribution in [3.8, 4) is 11.4 Å². The van der Waals surface area contributed by atoms with E-state index in [0.29, 0.717) is 17.7 Å². The largest absolute Gasteiger partial charge is 0.342 e. The molecule has 0 saturated carbocycles. The van der Waals surface area contributed by atoms with Crippen molar-refractivity contribution in [1.82, 2.24) is 9.97 Å². The minimum absolute atomic E-state index is 0.146. The van der Waals surface area contributed by atoms with Gasteiger partial charge in [0.25, 0.3) is 0 Å². The molecule has 128 valence electrons. The first-order valence-corrected chi connectivity index (χ1v) is 8.20. The molecule has 0 unspecified atom stereocenters. The highest BCUT2D eigenvalue weighted by Gasteiger charge is 2.09. The Kier molecular flexibility index (Phi) is 4.93. The Hall–Kier alpha value is -2.95. The smallest absolute Gasteiger partial charge is 0.224 e. The van der Waals surface area contributed by atoms with Crippen molar-refractivity contribution in [2.24, 2.45) is 0 Å². The second-order valence-corrected chi connectivity index (χ2v) is 6.02. The SMILES string of the molecule is Cc1nc(-c2cccc(NC(=O)CCc3ccccc3F)c2)[nH]c1C. The van der Waals surface area contributed by atoms with Crippen molar-refractivity contribution < 1.29 is 9.18 Å². The zero-order chi connectivity index (χ0) is 17.8. The fourth-order valence-corrected chi connectivity index (χ4v) is 2.60. The Labute approximate surface area is 146 Å². The monoisotopic (exact) mass is 337 g/mol. The maximum Gasteiger partial charge on any atom is 0.224 e. The van der Waals surface area contributed by atoms with Crippen LogP contribution in [0, 0.1) is 19.7 Å². The number of nitrogens with one attached hydrogen (secondary N) is 2. The normalized spacial score (nSPS) is 10.7. The third-order valence-electron chi connectivity index (χ3n) is 4.13. The molecule has 0 fully saturated rings. The van der Waals surface area contributed by atoms with Crippen LogP contribution in [-0.4, -0.2) is 15.9 Å². The summed E-state index contributed by atoms with van der Waals surface area (Å²) in [5, 5.41) is 2.86. The molecule has 0 spiro atoms. The van der Waals surface area contributed by atoms with Gasteiger partial charge >= 0.3 is 0 Å². The number of carbonyl (C=O) groups excluding carboxylic acids is 1. The molecule has 1 heterocycles. The van der Waals surface area contributed by atoms with Crippen LogP contribution in [0.4, 0.5) is 10.1 Å². The van der Waals surface area contributed by atoms with Crippen LogP contribution >= 0.6 is 0 Å². The summed E-state index contributed by atoms with van der Waals surface area (Å²) < 4.78 is 13.6. The molecule has 0 saturated heterocycles. The predicted octanol–water partition coefficient (Wildman–Crippen LogP) is 4.40. The molecule has 0 aliphatic heterocycles. The van der Waals surface area contributed by atoms with Gasteiger partial charge in [-0.3, -0.25) is 4.79 Å². The fourth-order valence-electron chi connectivity index (χ4n) is 2.60. The molecule has 2 aromatic carbocycles. The van der Waals surface area contributed by atoms with Crippen LogP contribution in [0.3, 0.4) is 0 Å². The van der Waals surface area contributed by atoms with E-state index in [0.717, 1.165) is 22.8 Å². The van der Waals surface area contributed by atoms with Crippen LogP contribution in [0.1, 0.15) is 23.4 Å². The number of anilines is 1. The number of imidazole rings is 1. The highest BCUT2D eigenvalue weighted by atomic mass is 19.1. The Morgan fingerprint density at radius 1 is 1.16 bits per heavy atom. The second kappa shape index (κ2) is 7.30. The molecular weight excluding hydrogens is 317 g/mol. The number of aromatic nitrogens is 2. The minimum atomic E-state index is -0.277. The average Bonchev–Trinajstić information content (AvgIpc) is 2.93. The lowest BCUT2D eigenvalue weighted by atomic mass is 10.1. The molecule has 0 bridgehead atoms. The average molecular weight is 337 g/mol. The molecule has 0 atom stereocenters. The predicted molar refractivity (Wildman–Crippen MR) is 96.8 cm³/mol. The third-order valence-corrected chi connectivity index (χ3v) is 4.13. The lowest BCUT2D eigenvalue weighted by Crippen LogP contribution is -2.12. The Morgan fingerprint density at radius 2 is 1.96 bits per heavy atom. The van der Waals surface area contributed by atoms with Gasteiger partial charge in [0.1, 0.15) is 11.6 Å². The molecule has 0 aliphatic rings. The molecule has 1 aromatic heterocycles. The zero-order valence-corrected chi connectivity index (χ0v) is 14.3. The standard InChI is InChI=1S/C20H20FN3O/c1-13-14(2)23-20(22-13)16-7-5-8-17(12-16)24-19(25)11-10-15-6-3-4-9-18(15)21/h3-9,12H,10-11H2,1-2H3,(H,22,23)(H,24,25). The summed E-state index contributed by atoms with van der Waals surface area (Å²) in [4.78, 5) is 19.9. The van der Waals surface area contributed by atoms with Gasteiger partial charge in [-0.2, -0.15) is 0 Å². The van der Waals surface area contributed by atoms with Crippen LogP contribution < -0.4 is 5.32 Å². The molecule has 5 heteroatoms. The number of halogens is 1. The van der Waals surface area contributed by atoms with Crippen LogP contribution in [-0.2, 0) is 11.2 Å². The topological polar surface area (TPSA) is 57.8 Å². The number of H-pyrrole nitrogens is 1. The van der Waals surface area contributed by atoms with Crippen molar-refractivity contribution >= 4 is 11.6 Å². The van der Waals surface area contributed by atoms with Crippen molar-refractivity contribution in [2.45, 2.75) is 26.7 Å². The van der Waals surface area contributed by atoms with E-state index in [1.54, 1.807) is 18.2 Å². The van der Waals surface area contributed by atoms with E-state index in [2.05, 4.69) is 15.3 Å². The number of nitrogens with zero attached hydrogens (tertiary/aromatic N) is 1. The molecule has 2 N–H and O–H groups in total. The molecule has 3 rings (SSSR count). The fraction of sp³-hybridized carbons (Fsp3) is 0.200. The van der Waals surface area contributed by atoms with Crippen molar-refractivity contribution in [1.29, 1.82) is 0 Å². The number of amides is 1. The quantitative estimate of drug-likeness (QED) is 0.725. The van der Waals surface area contributed by atoms with Gasteiger partial charge in [-0.15, -0.1) is 0 Å². The second-order valence-electron chi connectivity index (χ2n) is 6.02. The summed E-state index contributed by atoms with van der Waals surface area (Å²) in [6.07, 6.45) is 0.596. The first kappa shape index (κ1) is 16.9. The van der Waals surface area contributed by atoms with Gasteiger partial charge in [0.15, 0.2) is 0 Å². The molecule has 3 aromatic rings. The number of rotatable bonds is 5. The minimum Gasteiger partial charge on any atom is -0.342 e. The van der Waals surface area contributed by atoms with Gasteiger partial charge in [-0.1, -0.05) is 30.3 Å². The lowest BCUT2D eigenvalue weighted by molar-refractivity contribution is -0.116. The van der Waals surface area contributed by atoms with Gasteiger partial charge in [-0.25, -0.2) is 9.37 Å². The van der Waals surface area contributed by atoms with Gasteiger partial charge in [0, 0.05) is 23.4 Å². The number of aryl methyl sites for hydroxylation is 3. The van der Waals surface area contributed by atoms with E-state index < -0.39 is 0 Å². The molecule has 4 nitrogen and oxygen atoms in total. The first-order valence-electron chi connectivity index (χ1n) is 8.20. The van der Waals surface area contributed by atoms with Gasteiger partial charge in [0.05, 0.1) is 5.69 Å². The van der Waals surface area contributed by atoms with E-state index in [1.165, 1.54) is 6.07 Å². The number of benzene rings is 2. The summed E-state index contributed by atoms with van der Waals surface area (Å²) in [6.45, 7) is 3.92. The van der Waals surface area contributed by atoms with Gasteiger partial charge < -0.3 is 10.3 Å². The number of hydrogen-bond donors (Lipinski definition) is 2.